The number of imidazole rings is 1. The van der Waals surface area contributed by atoms with Gasteiger partial charge in [-0.1, -0.05) is 19.6 Å². The summed E-state index contributed by atoms with van der Waals surface area (Å²) in [6.07, 6.45) is -5.98. The maximum absolute atomic E-state index is 15.0. The van der Waals surface area contributed by atoms with Gasteiger partial charge >= 0.3 is 11.9 Å². The minimum atomic E-state index is -2.70. The summed E-state index contributed by atoms with van der Waals surface area (Å²) in [5.74, 6) is -3.56. The van der Waals surface area contributed by atoms with Crippen LogP contribution in [0.4, 0.5) is 10.2 Å². The summed E-state index contributed by atoms with van der Waals surface area (Å²) in [6.45, 7) is -0.731. The number of benzene rings is 1. The lowest BCUT2D eigenvalue weighted by Gasteiger charge is -2.27. The molecule has 1 saturated heterocycles. The van der Waals surface area contributed by atoms with E-state index in [-0.39, 0.29) is 29.7 Å². The molecule has 12 nitrogen and oxygen atoms in total. The number of ether oxygens (including phenoxy) is 2. The number of aliphatic hydroxyl groups is 1. The van der Waals surface area contributed by atoms with E-state index >= 15 is 4.39 Å². The number of hydrogen-bond acceptors (Lipinski definition) is 9. The molecule has 4 atom stereocenters. The van der Waals surface area contributed by atoms with Crippen molar-refractivity contribution in [2.45, 2.75) is 44.1 Å². The van der Waals surface area contributed by atoms with Crippen LogP contribution in [0.5, 0.6) is 0 Å². The molecule has 0 bridgehead atoms. The summed E-state index contributed by atoms with van der Waals surface area (Å²) in [6, 6.07) is 6.52. The van der Waals surface area contributed by atoms with Gasteiger partial charge in [0, 0.05) is 9.99 Å². The van der Waals surface area contributed by atoms with E-state index in [0.717, 1.165) is 8.14 Å². The van der Waals surface area contributed by atoms with Crippen molar-refractivity contribution >= 4 is 63.1 Å². The first kappa shape index (κ1) is 27.9. The van der Waals surface area contributed by atoms with Crippen LogP contribution in [-0.2, 0) is 25.5 Å². The fourth-order valence-electron chi connectivity index (χ4n) is 3.69. The highest BCUT2D eigenvalue weighted by molar-refractivity contribution is 14.1. The number of fused-ring (bicyclic) bond motifs is 1. The average Bonchev–Trinajstić information content (AvgIpc) is 3.33. The topological polar surface area (TPSA) is 183 Å². The molecular formula is C21H22ClFIN5O7. The van der Waals surface area contributed by atoms with Crippen LogP contribution in [0, 0.1) is 3.57 Å². The van der Waals surface area contributed by atoms with E-state index in [1.165, 1.54) is 6.33 Å². The molecule has 5 N–H and O–H groups in total. The van der Waals surface area contributed by atoms with Crippen LogP contribution in [0.1, 0.15) is 19.2 Å². The molecule has 0 unspecified atom stereocenters. The largest absolute Gasteiger partial charge is 0.479 e. The number of nitrogens with zero attached hydrogens (tertiary/aromatic N) is 4. The summed E-state index contributed by atoms with van der Waals surface area (Å²) in [4.78, 5) is 35.8. The lowest BCUT2D eigenvalue weighted by atomic mass is 9.94. The average molecular weight is 638 g/mol. The van der Waals surface area contributed by atoms with Crippen molar-refractivity contribution in [3.63, 3.8) is 0 Å². The summed E-state index contributed by atoms with van der Waals surface area (Å²) >= 11 is 7.88. The third kappa shape index (κ3) is 5.08. The Balaban J connectivity index is 0.00000361. The molecule has 15 heteroatoms. The predicted octanol–water partition coefficient (Wildman–Crippen LogP) is 2.07. The van der Waals surface area contributed by atoms with Gasteiger partial charge in [-0.2, -0.15) is 9.97 Å². The normalized spacial score (nSPS) is 21.9. The number of carboxylic acids is 2. The van der Waals surface area contributed by atoms with Gasteiger partial charge in [0.2, 0.25) is 5.28 Å². The van der Waals surface area contributed by atoms with Gasteiger partial charge in [-0.25, -0.2) is 19.0 Å². The number of aliphatic hydroxyl groups excluding tert-OH is 1. The first-order valence-corrected chi connectivity index (χ1v) is 11.5. The molecule has 1 aromatic carbocycles. The van der Waals surface area contributed by atoms with E-state index < -0.39 is 55.2 Å². The van der Waals surface area contributed by atoms with Gasteiger partial charge in [0.05, 0.1) is 12.9 Å². The van der Waals surface area contributed by atoms with E-state index in [0.29, 0.717) is 5.56 Å². The van der Waals surface area contributed by atoms with Crippen molar-refractivity contribution in [2.75, 3.05) is 12.3 Å². The number of carboxylic acid groups (broad SMARTS) is 2. The van der Waals surface area contributed by atoms with E-state index in [9.17, 15) is 24.9 Å². The number of aromatic nitrogens is 4. The second-order valence-electron chi connectivity index (χ2n) is 7.75. The molecular weight excluding hydrogens is 616 g/mol. The van der Waals surface area contributed by atoms with Gasteiger partial charge in [-0.15, -0.1) is 0 Å². The Morgan fingerprint density at radius 3 is 2.50 bits per heavy atom. The molecule has 0 saturated carbocycles. The zero-order chi connectivity index (χ0) is 25.5. The van der Waals surface area contributed by atoms with Gasteiger partial charge in [0.1, 0.15) is 17.7 Å². The van der Waals surface area contributed by atoms with Crippen LogP contribution < -0.4 is 5.73 Å². The Morgan fingerprint density at radius 2 is 1.89 bits per heavy atom. The number of anilines is 1. The van der Waals surface area contributed by atoms with Crippen LogP contribution in [0.2, 0.25) is 5.28 Å². The Labute approximate surface area is 222 Å². The molecule has 0 amide bonds. The molecule has 0 aliphatic carbocycles. The molecule has 0 radical (unpaired) electrons. The van der Waals surface area contributed by atoms with E-state index in [1.54, 1.807) is 24.3 Å². The summed E-state index contributed by atoms with van der Waals surface area (Å²) in [5, 5.41) is 29.7. The first-order valence-electron chi connectivity index (χ1n) is 10.0. The van der Waals surface area contributed by atoms with Crippen molar-refractivity contribution in [3.8, 4) is 0 Å². The lowest BCUT2D eigenvalue weighted by Crippen LogP contribution is -2.52. The molecule has 1 fully saturated rings. The highest BCUT2D eigenvalue weighted by atomic mass is 127. The van der Waals surface area contributed by atoms with Crippen molar-refractivity contribution in [1.29, 1.82) is 0 Å². The number of nitrogens with two attached hydrogens (primary N) is 1. The molecule has 194 valence electrons. The summed E-state index contributed by atoms with van der Waals surface area (Å²) in [5.41, 5.74) is 3.63. The summed E-state index contributed by atoms with van der Waals surface area (Å²) < 4.78 is 28.0. The Bertz CT molecular complexity index is 1260. The van der Waals surface area contributed by atoms with Crippen LogP contribution in [0.3, 0.4) is 0 Å². The van der Waals surface area contributed by atoms with Crippen LogP contribution >= 0.6 is 34.2 Å². The number of alkyl halides is 1. The van der Waals surface area contributed by atoms with Crippen molar-refractivity contribution < 1.29 is 38.8 Å². The van der Waals surface area contributed by atoms with Crippen molar-refractivity contribution in [2.24, 2.45) is 0 Å². The van der Waals surface area contributed by atoms with E-state index in [4.69, 9.17) is 26.8 Å². The predicted molar refractivity (Wildman–Crippen MR) is 133 cm³/mol. The third-order valence-electron chi connectivity index (χ3n) is 5.54. The Kier molecular flexibility index (Phi) is 8.34. The number of carbonyl (C=O) groups is 2. The lowest BCUT2D eigenvalue weighted by molar-refractivity contribution is -0.190. The van der Waals surface area contributed by atoms with Crippen LogP contribution in [0.25, 0.3) is 11.2 Å². The Morgan fingerprint density at radius 1 is 1.25 bits per heavy atom. The first-order chi connectivity index (χ1) is 16.5. The SMILES string of the molecule is C.Nc1nc(Cl)nc2c1ncn2[C@@H]1O[C@H](COC(Cc2ccc(I)cc2)(C(=O)O)C(=O)O)[C@@H](O)[C@@H]1F. The minimum absolute atomic E-state index is 0. The van der Waals surface area contributed by atoms with Gasteiger partial charge in [-0.3, -0.25) is 4.57 Å². The third-order valence-corrected chi connectivity index (χ3v) is 6.43. The number of aliphatic carboxylic acids is 2. The molecule has 3 heterocycles. The van der Waals surface area contributed by atoms with Gasteiger partial charge in [0.25, 0.3) is 5.60 Å². The van der Waals surface area contributed by atoms with Gasteiger partial charge < -0.3 is 30.5 Å². The van der Waals surface area contributed by atoms with Crippen LogP contribution in [-0.4, -0.2) is 77.4 Å². The maximum atomic E-state index is 15.0. The molecule has 1 aliphatic rings. The zero-order valence-corrected chi connectivity index (χ0v) is 20.5. The molecule has 0 spiro atoms. The van der Waals surface area contributed by atoms with E-state index in [1.807, 2.05) is 22.6 Å². The zero-order valence-electron chi connectivity index (χ0n) is 17.6. The molecule has 36 heavy (non-hydrogen) atoms. The Hall–Kier alpha value is -2.66. The second kappa shape index (κ2) is 10.8. The van der Waals surface area contributed by atoms with Gasteiger partial charge in [0.15, 0.2) is 23.9 Å². The quantitative estimate of drug-likeness (QED) is 0.161. The fraction of sp³-hybridized carbons (Fsp3) is 0.381. The summed E-state index contributed by atoms with van der Waals surface area (Å²) in [7, 11) is 0. The molecule has 4 rings (SSSR count). The number of rotatable bonds is 8. The molecule has 2 aromatic heterocycles. The van der Waals surface area contributed by atoms with Crippen LogP contribution in [0.15, 0.2) is 30.6 Å². The maximum Gasteiger partial charge on any atom is 0.348 e. The van der Waals surface area contributed by atoms with Gasteiger partial charge in [-0.05, 0) is 51.9 Å². The highest BCUT2D eigenvalue weighted by Crippen LogP contribution is 2.35. The van der Waals surface area contributed by atoms with E-state index in [2.05, 4.69) is 15.0 Å². The molecule has 1 aliphatic heterocycles. The van der Waals surface area contributed by atoms with Crippen molar-refractivity contribution in [1.82, 2.24) is 19.5 Å². The van der Waals surface area contributed by atoms with Crippen molar-refractivity contribution in [3.05, 3.63) is 45.0 Å². The number of halogens is 3. The fourth-order valence-corrected chi connectivity index (χ4v) is 4.22. The smallest absolute Gasteiger partial charge is 0.348 e. The molecule has 3 aromatic rings. The highest BCUT2D eigenvalue weighted by Gasteiger charge is 2.52. The monoisotopic (exact) mass is 637 g/mol. The standard InChI is InChI=1S/C20H18ClFIN5O7.CH4/c21-19-26-14(24)12-15(27-19)28(7-25-12)16-11(22)13(29)10(35-16)6-34-20(17(30)31,18(32)33)5-8-1-3-9(23)4-2-8;/h1-4,7,10-11,13,16,29H,5-6H2,(H,30,31)(H,32,33)(H2,24,26,27);1H4/t10-,11+,13-,16-;/m1./s1. The minimum Gasteiger partial charge on any atom is -0.479 e. The second-order valence-corrected chi connectivity index (χ2v) is 9.34. The number of nitrogen functional groups attached to an aromatic ring is 1. The number of hydrogen-bond donors (Lipinski definition) is 4.